The summed E-state index contributed by atoms with van der Waals surface area (Å²) in [6.45, 7) is 2.12. The number of nitrogens with one attached hydrogen (secondary N) is 1. The SMILES string of the molecule is O=C1NCCCOc2cccc(c2)C2c3ccc(cc3CCN2C(=O)CN2CCCC2=O)Oc2cncc1c2. The quantitative estimate of drug-likeness (QED) is 0.549. The van der Waals surface area contributed by atoms with Crippen LogP contribution in [0, 0.1) is 0 Å². The molecule has 1 unspecified atom stereocenters. The first kappa shape index (κ1) is 24.9. The van der Waals surface area contributed by atoms with Gasteiger partial charge in [-0.05, 0) is 66.3 Å². The van der Waals surface area contributed by atoms with Crippen molar-refractivity contribution >= 4 is 17.7 Å². The molecular formula is C30H30N4O5. The van der Waals surface area contributed by atoms with E-state index in [1.54, 1.807) is 17.2 Å². The molecule has 200 valence electrons. The Morgan fingerprint density at radius 2 is 1.90 bits per heavy atom. The summed E-state index contributed by atoms with van der Waals surface area (Å²) in [5, 5.41) is 2.90. The van der Waals surface area contributed by atoms with Gasteiger partial charge in [0.05, 0.1) is 31.0 Å². The number of amides is 3. The van der Waals surface area contributed by atoms with Gasteiger partial charge in [0.15, 0.2) is 0 Å². The second-order valence-corrected chi connectivity index (χ2v) is 10.1. The Kier molecular flexibility index (Phi) is 6.87. The molecule has 5 heterocycles. The zero-order valence-electron chi connectivity index (χ0n) is 21.6. The highest BCUT2D eigenvalue weighted by Crippen LogP contribution is 2.39. The third kappa shape index (κ3) is 5.30. The number of carbonyl (C=O) groups is 3. The highest BCUT2D eigenvalue weighted by atomic mass is 16.5. The lowest BCUT2D eigenvalue weighted by Gasteiger charge is -2.38. The predicted molar refractivity (Wildman–Crippen MR) is 143 cm³/mol. The van der Waals surface area contributed by atoms with Crippen molar-refractivity contribution in [3.05, 3.63) is 83.2 Å². The van der Waals surface area contributed by atoms with E-state index in [1.165, 1.54) is 6.20 Å². The lowest BCUT2D eigenvalue weighted by atomic mass is 9.87. The third-order valence-corrected chi connectivity index (χ3v) is 7.42. The number of aromatic nitrogens is 1. The maximum absolute atomic E-state index is 13.6. The molecule has 1 saturated heterocycles. The van der Waals surface area contributed by atoms with E-state index >= 15 is 0 Å². The van der Waals surface area contributed by atoms with Gasteiger partial charge in [0, 0.05) is 32.3 Å². The van der Waals surface area contributed by atoms with Gasteiger partial charge in [-0.1, -0.05) is 18.2 Å². The highest BCUT2D eigenvalue weighted by Gasteiger charge is 2.34. The number of hydrogen-bond donors (Lipinski definition) is 1. The Hall–Kier alpha value is -4.40. The van der Waals surface area contributed by atoms with Crippen molar-refractivity contribution in [1.29, 1.82) is 0 Å². The average molecular weight is 527 g/mol. The van der Waals surface area contributed by atoms with Gasteiger partial charge in [-0.2, -0.15) is 0 Å². The van der Waals surface area contributed by atoms with Crippen molar-refractivity contribution in [3.8, 4) is 17.2 Å². The maximum atomic E-state index is 13.6. The van der Waals surface area contributed by atoms with E-state index in [0.29, 0.717) is 68.3 Å². The van der Waals surface area contributed by atoms with Crippen LogP contribution in [0.25, 0.3) is 0 Å². The highest BCUT2D eigenvalue weighted by molar-refractivity contribution is 5.94. The van der Waals surface area contributed by atoms with E-state index < -0.39 is 0 Å². The number of fused-ring (bicyclic) bond motifs is 6. The van der Waals surface area contributed by atoms with Crippen LogP contribution in [0.2, 0.25) is 0 Å². The molecular weight excluding hydrogens is 496 g/mol. The van der Waals surface area contributed by atoms with Crippen LogP contribution in [0.4, 0.5) is 0 Å². The Morgan fingerprint density at radius 3 is 2.77 bits per heavy atom. The van der Waals surface area contributed by atoms with Crippen LogP contribution in [-0.4, -0.2) is 65.3 Å². The zero-order chi connectivity index (χ0) is 26.8. The van der Waals surface area contributed by atoms with Crippen molar-refractivity contribution in [2.24, 2.45) is 0 Å². The van der Waals surface area contributed by atoms with Crippen LogP contribution in [-0.2, 0) is 16.0 Å². The first-order chi connectivity index (χ1) is 19.0. The third-order valence-electron chi connectivity index (χ3n) is 7.42. The van der Waals surface area contributed by atoms with Gasteiger partial charge in [0.25, 0.3) is 5.91 Å². The fraction of sp³-hybridized carbons (Fsp3) is 0.333. The lowest BCUT2D eigenvalue weighted by molar-refractivity contribution is -0.139. The molecule has 0 aliphatic carbocycles. The van der Waals surface area contributed by atoms with Crippen LogP contribution in [0.15, 0.2) is 60.9 Å². The second kappa shape index (κ2) is 10.8. The standard InChI is InChI=1S/C30H30N4O5/c35-27-6-2-11-33(27)19-28(36)34-12-9-20-14-24-7-8-26(20)29(34)21-4-1-5-23(15-21)38-13-3-10-32-30(37)22-16-25(39-24)18-31-17-22/h1,4-5,7-8,14-18,29H,2-3,6,9-13,19H2,(H,32,37). The van der Waals surface area contributed by atoms with Crippen molar-refractivity contribution in [1.82, 2.24) is 20.1 Å². The number of carbonyl (C=O) groups excluding carboxylic acids is 3. The maximum Gasteiger partial charge on any atom is 0.252 e. The molecule has 4 aliphatic heterocycles. The first-order valence-electron chi connectivity index (χ1n) is 13.4. The van der Waals surface area contributed by atoms with Crippen molar-refractivity contribution in [3.63, 3.8) is 0 Å². The van der Waals surface area contributed by atoms with Crippen LogP contribution < -0.4 is 14.8 Å². The van der Waals surface area contributed by atoms with Gasteiger partial charge in [0.2, 0.25) is 11.8 Å². The smallest absolute Gasteiger partial charge is 0.252 e. The predicted octanol–water partition coefficient (Wildman–Crippen LogP) is 3.48. The van der Waals surface area contributed by atoms with Crippen molar-refractivity contribution < 1.29 is 23.9 Å². The molecule has 39 heavy (non-hydrogen) atoms. The lowest BCUT2D eigenvalue weighted by Crippen LogP contribution is -2.45. The molecule has 1 aromatic heterocycles. The number of benzene rings is 2. The number of rotatable bonds is 2. The van der Waals surface area contributed by atoms with Gasteiger partial charge >= 0.3 is 0 Å². The fourth-order valence-corrected chi connectivity index (χ4v) is 5.50. The number of ether oxygens (including phenoxy) is 2. The average Bonchev–Trinajstić information content (AvgIpc) is 3.35. The van der Waals surface area contributed by atoms with Crippen LogP contribution in [0.1, 0.15) is 52.4 Å². The zero-order valence-corrected chi connectivity index (χ0v) is 21.6. The summed E-state index contributed by atoms with van der Waals surface area (Å²) >= 11 is 0. The molecule has 1 atom stereocenters. The molecule has 4 aliphatic rings. The Morgan fingerprint density at radius 1 is 0.974 bits per heavy atom. The topological polar surface area (TPSA) is 101 Å². The molecule has 0 radical (unpaired) electrons. The largest absolute Gasteiger partial charge is 0.494 e. The Bertz CT molecular complexity index is 1420. The summed E-state index contributed by atoms with van der Waals surface area (Å²) in [6.07, 6.45) is 5.67. The van der Waals surface area contributed by atoms with Crippen molar-refractivity contribution in [2.45, 2.75) is 31.7 Å². The molecule has 9 nitrogen and oxygen atoms in total. The molecule has 2 aromatic carbocycles. The monoisotopic (exact) mass is 526 g/mol. The van der Waals surface area contributed by atoms with E-state index in [-0.39, 0.29) is 30.3 Å². The van der Waals surface area contributed by atoms with Crippen LogP contribution in [0.5, 0.6) is 17.2 Å². The van der Waals surface area contributed by atoms with Crippen molar-refractivity contribution in [2.75, 3.05) is 32.8 Å². The number of likely N-dealkylation sites (tertiary alicyclic amines) is 1. The van der Waals surface area contributed by atoms with Gasteiger partial charge in [-0.15, -0.1) is 0 Å². The van der Waals surface area contributed by atoms with Gasteiger partial charge in [0.1, 0.15) is 17.2 Å². The molecule has 1 N–H and O–H groups in total. The number of hydrogen-bond acceptors (Lipinski definition) is 6. The van der Waals surface area contributed by atoms with E-state index in [0.717, 1.165) is 23.1 Å². The number of nitrogens with zero attached hydrogens (tertiary/aromatic N) is 3. The summed E-state index contributed by atoms with van der Waals surface area (Å²) in [5.41, 5.74) is 3.45. The molecule has 0 saturated carbocycles. The minimum Gasteiger partial charge on any atom is -0.494 e. The van der Waals surface area contributed by atoms with E-state index in [4.69, 9.17) is 9.47 Å². The van der Waals surface area contributed by atoms with Crippen LogP contribution in [0.3, 0.4) is 0 Å². The van der Waals surface area contributed by atoms with E-state index in [1.807, 2.05) is 47.4 Å². The molecule has 7 rings (SSSR count). The number of pyridine rings is 1. The van der Waals surface area contributed by atoms with Gasteiger partial charge in [-0.3, -0.25) is 19.4 Å². The van der Waals surface area contributed by atoms with Gasteiger partial charge in [-0.25, -0.2) is 0 Å². The summed E-state index contributed by atoms with van der Waals surface area (Å²) < 4.78 is 12.1. The molecule has 1 fully saturated rings. The molecule has 0 spiro atoms. The molecule has 3 amide bonds. The van der Waals surface area contributed by atoms with E-state index in [9.17, 15) is 14.4 Å². The first-order valence-corrected chi connectivity index (χ1v) is 13.4. The van der Waals surface area contributed by atoms with Crippen LogP contribution >= 0.6 is 0 Å². The molecule has 9 heteroatoms. The summed E-state index contributed by atoms with van der Waals surface area (Å²) in [7, 11) is 0. The second-order valence-electron chi connectivity index (χ2n) is 10.1. The summed E-state index contributed by atoms with van der Waals surface area (Å²) in [4.78, 5) is 46.2. The van der Waals surface area contributed by atoms with E-state index in [2.05, 4.69) is 10.3 Å². The minimum atomic E-state index is -0.320. The minimum absolute atomic E-state index is 0.0393. The molecule has 8 bridgehead atoms. The fourth-order valence-electron chi connectivity index (χ4n) is 5.50. The molecule has 3 aromatic rings. The normalized spacial score (nSPS) is 19.0. The van der Waals surface area contributed by atoms with Gasteiger partial charge < -0.3 is 24.6 Å². The summed E-state index contributed by atoms with van der Waals surface area (Å²) in [6, 6.07) is 15.0. The Labute approximate surface area is 226 Å². The Balaban J connectivity index is 1.38. The summed E-state index contributed by atoms with van der Waals surface area (Å²) in [5.74, 6) is 1.56.